The molecule has 0 aromatic heterocycles. The molecule has 0 radical (unpaired) electrons. The van der Waals surface area contributed by atoms with Crippen molar-refractivity contribution in [2.45, 2.75) is 206 Å². The SMILES string of the molecule is CCCCCCCC/C=C\CCCCCCCC(N)=O.CCCCCCCCCCCCCCCCCC(=O)O.[Zn]. The zero-order valence-electron chi connectivity index (χ0n) is 27.9. The summed E-state index contributed by atoms with van der Waals surface area (Å²) in [5.41, 5.74) is 5.10. The van der Waals surface area contributed by atoms with Gasteiger partial charge in [-0.05, 0) is 38.5 Å². The minimum atomic E-state index is -0.653. The first-order valence-electron chi connectivity index (χ1n) is 17.7. The van der Waals surface area contributed by atoms with Crippen LogP contribution in [-0.4, -0.2) is 17.0 Å². The predicted molar refractivity (Wildman–Crippen MR) is 176 cm³/mol. The number of carbonyl (C=O) groups excluding carboxylic acids is 1. The van der Waals surface area contributed by atoms with Crippen molar-refractivity contribution in [2.24, 2.45) is 5.73 Å². The van der Waals surface area contributed by atoms with Crippen molar-refractivity contribution in [3.05, 3.63) is 12.2 Å². The van der Waals surface area contributed by atoms with E-state index in [1.54, 1.807) is 0 Å². The Labute approximate surface area is 269 Å². The molecular formula is C36H71NO3Zn. The fourth-order valence-electron chi connectivity index (χ4n) is 5.02. The Bertz CT molecular complexity index is 539. The van der Waals surface area contributed by atoms with Crippen molar-refractivity contribution in [2.75, 3.05) is 0 Å². The molecule has 0 aliphatic rings. The molecule has 41 heavy (non-hydrogen) atoms. The summed E-state index contributed by atoms with van der Waals surface area (Å²) in [6.45, 7) is 4.53. The molecule has 0 fully saturated rings. The summed E-state index contributed by atoms with van der Waals surface area (Å²) >= 11 is 0. The second-order valence-corrected chi connectivity index (χ2v) is 11.9. The van der Waals surface area contributed by atoms with E-state index >= 15 is 0 Å². The topological polar surface area (TPSA) is 80.4 Å². The molecule has 0 bridgehead atoms. The average Bonchev–Trinajstić information content (AvgIpc) is 2.93. The van der Waals surface area contributed by atoms with Gasteiger partial charge in [0.1, 0.15) is 0 Å². The Morgan fingerprint density at radius 2 is 0.732 bits per heavy atom. The van der Waals surface area contributed by atoms with Crippen LogP contribution in [0.15, 0.2) is 12.2 Å². The van der Waals surface area contributed by atoms with E-state index in [0.29, 0.717) is 12.8 Å². The normalized spacial score (nSPS) is 10.8. The standard InChI is InChI=1S/C18H35NO.C18H36O2.Zn/c2*1-2-3-4-5-6-7-8-9-10-11-12-13-14-15-16-17-18(19)20;/h9-10H,2-8,11-17H2,1H3,(H2,19,20);2-17H2,1H3,(H,19,20);/b10-9-;;. The van der Waals surface area contributed by atoms with E-state index in [9.17, 15) is 9.59 Å². The first kappa shape index (κ1) is 44.7. The summed E-state index contributed by atoms with van der Waals surface area (Å²) in [7, 11) is 0. The van der Waals surface area contributed by atoms with Crippen LogP contribution in [0.4, 0.5) is 0 Å². The second-order valence-electron chi connectivity index (χ2n) is 11.9. The van der Waals surface area contributed by atoms with Crippen LogP contribution < -0.4 is 5.73 Å². The van der Waals surface area contributed by atoms with Crippen LogP contribution >= 0.6 is 0 Å². The summed E-state index contributed by atoms with van der Waals surface area (Å²) in [6, 6.07) is 0. The van der Waals surface area contributed by atoms with Gasteiger partial charge in [0.05, 0.1) is 0 Å². The molecule has 0 aliphatic heterocycles. The van der Waals surface area contributed by atoms with Gasteiger partial charge in [-0.1, -0.05) is 167 Å². The third-order valence-corrected chi connectivity index (χ3v) is 7.68. The molecule has 0 unspecified atom stereocenters. The Morgan fingerprint density at radius 1 is 0.463 bits per heavy atom. The number of carbonyl (C=O) groups is 2. The molecule has 0 saturated heterocycles. The van der Waals surface area contributed by atoms with E-state index in [2.05, 4.69) is 26.0 Å². The van der Waals surface area contributed by atoms with E-state index in [1.165, 1.54) is 154 Å². The Kier molecular flexibility index (Phi) is 45.2. The molecule has 1 amide bonds. The van der Waals surface area contributed by atoms with Gasteiger partial charge in [-0.15, -0.1) is 0 Å². The summed E-state index contributed by atoms with van der Waals surface area (Å²) in [6.07, 6.45) is 42.1. The molecule has 0 spiro atoms. The summed E-state index contributed by atoms with van der Waals surface area (Å²) in [4.78, 5) is 20.9. The molecular weight excluding hydrogens is 560 g/mol. The molecule has 240 valence electrons. The third kappa shape index (κ3) is 49.3. The van der Waals surface area contributed by atoms with Crippen LogP contribution in [0.1, 0.15) is 206 Å². The number of primary amides is 1. The van der Waals surface area contributed by atoms with E-state index < -0.39 is 5.97 Å². The average molecular weight is 631 g/mol. The molecule has 0 rings (SSSR count). The Hall–Kier alpha value is -0.697. The van der Waals surface area contributed by atoms with Gasteiger partial charge in [-0.2, -0.15) is 0 Å². The molecule has 0 aliphatic carbocycles. The van der Waals surface area contributed by atoms with Crippen molar-refractivity contribution in [1.82, 2.24) is 0 Å². The van der Waals surface area contributed by atoms with E-state index in [-0.39, 0.29) is 25.4 Å². The van der Waals surface area contributed by atoms with Gasteiger partial charge >= 0.3 is 5.97 Å². The summed E-state index contributed by atoms with van der Waals surface area (Å²) in [5, 5.41) is 8.52. The second kappa shape index (κ2) is 41.4. The molecule has 0 heterocycles. The van der Waals surface area contributed by atoms with Gasteiger partial charge in [0.15, 0.2) is 0 Å². The molecule has 0 aromatic carbocycles. The van der Waals surface area contributed by atoms with Crippen molar-refractivity contribution < 1.29 is 34.2 Å². The zero-order valence-corrected chi connectivity index (χ0v) is 30.9. The maximum atomic E-state index is 10.5. The van der Waals surface area contributed by atoms with Crippen LogP contribution in [-0.2, 0) is 29.1 Å². The van der Waals surface area contributed by atoms with E-state index in [1.807, 2.05) is 0 Å². The van der Waals surface area contributed by atoms with Crippen molar-refractivity contribution in [3.8, 4) is 0 Å². The van der Waals surface area contributed by atoms with Crippen LogP contribution in [0.25, 0.3) is 0 Å². The summed E-state index contributed by atoms with van der Waals surface area (Å²) < 4.78 is 0. The number of allylic oxidation sites excluding steroid dienone is 2. The molecule has 4 nitrogen and oxygen atoms in total. The first-order chi connectivity index (χ1) is 19.5. The number of unbranched alkanes of at least 4 members (excludes halogenated alkanes) is 25. The van der Waals surface area contributed by atoms with Gasteiger partial charge in [0.25, 0.3) is 0 Å². The molecule has 3 N–H and O–H groups in total. The van der Waals surface area contributed by atoms with Gasteiger partial charge in [-0.3, -0.25) is 9.59 Å². The Morgan fingerprint density at radius 3 is 1.02 bits per heavy atom. The summed E-state index contributed by atoms with van der Waals surface area (Å²) in [5.74, 6) is -0.817. The number of hydrogen-bond donors (Lipinski definition) is 2. The van der Waals surface area contributed by atoms with E-state index in [4.69, 9.17) is 10.8 Å². The number of carboxylic acids is 1. The monoisotopic (exact) mass is 629 g/mol. The number of amides is 1. The minimum absolute atomic E-state index is 0. The van der Waals surface area contributed by atoms with Gasteiger partial charge in [0, 0.05) is 32.3 Å². The fraction of sp³-hybridized carbons (Fsp3) is 0.889. The molecule has 0 atom stereocenters. The maximum Gasteiger partial charge on any atom is 0.303 e. The number of hydrogen-bond acceptors (Lipinski definition) is 2. The molecule has 5 heteroatoms. The Balaban J connectivity index is -0.000000688. The predicted octanol–water partition coefficient (Wildman–Crippen LogP) is 11.8. The fourth-order valence-corrected chi connectivity index (χ4v) is 5.02. The zero-order chi connectivity index (χ0) is 29.8. The number of aliphatic carboxylic acids is 1. The molecule has 0 aromatic rings. The quantitative estimate of drug-likeness (QED) is 0.0454. The van der Waals surface area contributed by atoms with Crippen LogP contribution in [0, 0.1) is 0 Å². The van der Waals surface area contributed by atoms with Crippen LogP contribution in [0.3, 0.4) is 0 Å². The van der Waals surface area contributed by atoms with Crippen molar-refractivity contribution in [1.29, 1.82) is 0 Å². The largest absolute Gasteiger partial charge is 0.481 e. The van der Waals surface area contributed by atoms with Gasteiger partial charge < -0.3 is 10.8 Å². The van der Waals surface area contributed by atoms with Crippen molar-refractivity contribution >= 4 is 11.9 Å². The van der Waals surface area contributed by atoms with Crippen LogP contribution in [0.5, 0.6) is 0 Å². The number of rotatable bonds is 31. The van der Waals surface area contributed by atoms with E-state index in [0.717, 1.165) is 25.7 Å². The van der Waals surface area contributed by atoms with Gasteiger partial charge in [0.2, 0.25) is 5.91 Å². The minimum Gasteiger partial charge on any atom is -0.481 e. The number of carboxylic acid groups (broad SMARTS) is 1. The molecule has 0 saturated carbocycles. The smallest absolute Gasteiger partial charge is 0.303 e. The van der Waals surface area contributed by atoms with Crippen molar-refractivity contribution in [3.63, 3.8) is 0 Å². The van der Waals surface area contributed by atoms with Crippen LogP contribution in [0.2, 0.25) is 0 Å². The number of nitrogens with two attached hydrogens (primary N) is 1. The maximum absolute atomic E-state index is 10.5. The van der Waals surface area contributed by atoms with Gasteiger partial charge in [-0.25, -0.2) is 0 Å². The third-order valence-electron chi connectivity index (χ3n) is 7.68. The first-order valence-corrected chi connectivity index (χ1v) is 17.7.